The first-order chi connectivity index (χ1) is 16.9. The minimum absolute atomic E-state index is 0.00557. The number of unbranched alkanes of at least 4 members (excludes halogenated alkanes) is 2. The number of ketones is 4. The van der Waals surface area contributed by atoms with Crippen LogP contribution in [-0.2, 0) is 19.2 Å². The number of allylic oxidation sites excluding steroid dienone is 2. The van der Waals surface area contributed by atoms with Crippen molar-refractivity contribution < 1.29 is 28.8 Å². The fourth-order valence-electron chi connectivity index (χ4n) is 4.00. The van der Waals surface area contributed by atoms with E-state index in [0.29, 0.717) is 48.1 Å². The molecule has 1 aliphatic carbocycles. The van der Waals surface area contributed by atoms with Crippen molar-refractivity contribution in [3.8, 4) is 0 Å². The molecule has 1 aliphatic rings. The van der Waals surface area contributed by atoms with Gasteiger partial charge in [-0.1, -0.05) is 24.1 Å². The molecule has 0 heterocycles. The molecule has 0 aromatic heterocycles. The summed E-state index contributed by atoms with van der Waals surface area (Å²) in [6.07, 6.45) is 6.59. The number of hydrogen-bond donors (Lipinski definition) is 2. The maximum atomic E-state index is 12.4. The fraction of sp³-hybridized carbons (Fsp3) is 0.429. The molecule has 192 valence electrons. The Labute approximate surface area is 211 Å². The molecule has 0 saturated heterocycles. The van der Waals surface area contributed by atoms with Crippen LogP contribution in [0.25, 0.3) is 0 Å². The average molecular weight is 495 g/mol. The standard InChI is InChI=1S/C28H34N2O6/c1-17(31)10-21-11-22(18(2)32)14-25(12-21)29-27(35)8-6-5-7-9-28(36)30-26-15-23(19(3)33)13-24(16-26)20(4)34/h11,13-16,25H,5-10,12H2,1-4H3,(H,29,35)(H,30,36). The van der Waals surface area contributed by atoms with E-state index >= 15 is 0 Å². The van der Waals surface area contributed by atoms with Crippen LogP contribution in [-0.4, -0.2) is 41.0 Å². The molecule has 0 saturated carbocycles. The van der Waals surface area contributed by atoms with Gasteiger partial charge in [-0.3, -0.25) is 28.8 Å². The molecule has 8 heteroatoms. The number of anilines is 1. The quantitative estimate of drug-likeness (QED) is 0.311. The highest BCUT2D eigenvalue weighted by atomic mass is 16.2. The lowest BCUT2D eigenvalue weighted by Gasteiger charge is -2.22. The number of carbonyl (C=O) groups is 6. The molecule has 1 atom stereocenters. The molecule has 8 nitrogen and oxygen atoms in total. The lowest BCUT2D eigenvalue weighted by Crippen LogP contribution is -2.35. The summed E-state index contributed by atoms with van der Waals surface area (Å²) in [4.78, 5) is 71.3. The van der Waals surface area contributed by atoms with Crippen LogP contribution >= 0.6 is 0 Å². The summed E-state index contributed by atoms with van der Waals surface area (Å²) in [5, 5.41) is 5.65. The smallest absolute Gasteiger partial charge is 0.224 e. The van der Waals surface area contributed by atoms with Gasteiger partial charge in [0.25, 0.3) is 0 Å². The van der Waals surface area contributed by atoms with Crippen LogP contribution in [0.15, 0.2) is 41.5 Å². The van der Waals surface area contributed by atoms with Crippen LogP contribution in [0.1, 0.15) is 93.4 Å². The van der Waals surface area contributed by atoms with Crippen molar-refractivity contribution in [2.24, 2.45) is 0 Å². The van der Waals surface area contributed by atoms with Gasteiger partial charge in [-0.25, -0.2) is 0 Å². The number of hydrogen-bond acceptors (Lipinski definition) is 6. The Balaban J connectivity index is 1.77. The predicted octanol–water partition coefficient (Wildman–Crippen LogP) is 4.29. The average Bonchev–Trinajstić information content (AvgIpc) is 2.77. The zero-order valence-corrected chi connectivity index (χ0v) is 21.4. The molecule has 0 aliphatic heterocycles. The lowest BCUT2D eigenvalue weighted by atomic mass is 9.91. The molecular formula is C28H34N2O6. The van der Waals surface area contributed by atoms with Crippen molar-refractivity contribution in [2.75, 3.05) is 5.32 Å². The van der Waals surface area contributed by atoms with Gasteiger partial charge in [-0.05, 0) is 65.2 Å². The van der Waals surface area contributed by atoms with Crippen LogP contribution in [0.5, 0.6) is 0 Å². The minimum atomic E-state index is -0.327. The third-order valence-electron chi connectivity index (χ3n) is 5.79. The van der Waals surface area contributed by atoms with E-state index in [0.717, 1.165) is 5.57 Å². The van der Waals surface area contributed by atoms with Gasteiger partial charge >= 0.3 is 0 Å². The van der Waals surface area contributed by atoms with Crippen molar-refractivity contribution in [2.45, 2.75) is 78.7 Å². The number of rotatable bonds is 13. The first-order valence-electron chi connectivity index (χ1n) is 12.1. The molecule has 2 rings (SSSR count). The van der Waals surface area contributed by atoms with Crippen molar-refractivity contribution >= 4 is 40.6 Å². The highest BCUT2D eigenvalue weighted by Crippen LogP contribution is 2.22. The molecule has 0 spiro atoms. The summed E-state index contributed by atoms with van der Waals surface area (Å²) in [6.45, 7) is 5.74. The number of benzene rings is 1. The second kappa shape index (κ2) is 13.4. The predicted molar refractivity (Wildman–Crippen MR) is 137 cm³/mol. The third-order valence-corrected chi connectivity index (χ3v) is 5.79. The summed E-state index contributed by atoms with van der Waals surface area (Å²) in [7, 11) is 0. The molecule has 0 fully saturated rings. The summed E-state index contributed by atoms with van der Waals surface area (Å²) in [5.74, 6) is -0.878. The SMILES string of the molecule is CC(=O)CC1=CC(C(C)=O)=CC(NC(=O)CCCCCC(=O)Nc2cc(C(C)=O)cc(C(C)=O)c2)C1. The Morgan fingerprint density at radius 2 is 1.36 bits per heavy atom. The molecular weight excluding hydrogens is 460 g/mol. The summed E-state index contributed by atoms with van der Waals surface area (Å²) < 4.78 is 0. The molecule has 2 amide bonds. The Morgan fingerprint density at radius 3 is 1.89 bits per heavy atom. The number of nitrogens with one attached hydrogen (secondary N) is 2. The van der Waals surface area contributed by atoms with Gasteiger partial charge in [0, 0.05) is 41.6 Å². The van der Waals surface area contributed by atoms with E-state index < -0.39 is 0 Å². The molecule has 36 heavy (non-hydrogen) atoms. The second-order valence-corrected chi connectivity index (χ2v) is 9.26. The second-order valence-electron chi connectivity index (χ2n) is 9.26. The van der Waals surface area contributed by atoms with Crippen molar-refractivity contribution in [1.82, 2.24) is 5.32 Å². The molecule has 2 N–H and O–H groups in total. The normalized spacial score (nSPS) is 14.8. The summed E-state index contributed by atoms with van der Waals surface area (Å²) in [5.41, 5.74) is 2.45. The number of amides is 2. The highest BCUT2D eigenvalue weighted by Gasteiger charge is 2.20. The van der Waals surface area contributed by atoms with E-state index in [9.17, 15) is 28.8 Å². The molecule has 1 aromatic carbocycles. The Hall–Kier alpha value is -3.68. The van der Waals surface area contributed by atoms with E-state index in [-0.39, 0.29) is 60.3 Å². The molecule has 1 unspecified atom stereocenters. The largest absolute Gasteiger partial charge is 0.350 e. The van der Waals surface area contributed by atoms with Crippen molar-refractivity contribution in [1.29, 1.82) is 0 Å². The number of Topliss-reactive ketones (excluding diaryl/α,β-unsaturated/α-hetero) is 4. The zero-order valence-electron chi connectivity index (χ0n) is 21.4. The first-order valence-corrected chi connectivity index (χ1v) is 12.1. The zero-order chi connectivity index (χ0) is 26.8. The van der Waals surface area contributed by atoms with E-state index in [1.165, 1.54) is 33.8 Å². The van der Waals surface area contributed by atoms with E-state index in [1.807, 2.05) is 0 Å². The van der Waals surface area contributed by atoms with E-state index in [1.54, 1.807) is 24.3 Å². The van der Waals surface area contributed by atoms with Gasteiger partial charge in [-0.15, -0.1) is 0 Å². The summed E-state index contributed by atoms with van der Waals surface area (Å²) >= 11 is 0. The van der Waals surface area contributed by atoms with Crippen LogP contribution < -0.4 is 10.6 Å². The first kappa shape index (κ1) is 28.6. The molecule has 0 bridgehead atoms. The topological polar surface area (TPSA) is 126 Å². The maximum Gasteiger partial charge on any atom is 0.224 e. The van der Waals surface area contributed by atoms with E-state index in [4.69, 9.17) is 0 Å². The minimum Gasteiger partial charge on any atom is -0.350 e. The van der Waals surface area contributed by atoms with Gasteiger partial charge in [-0.2, -0.15) is 0 Å². The van der Waals surface area contributed by atoms with Gasteiger partial charge < -0.3 is 10.6 Å². The highest BCUT2D eigenvalue weighted by molar-refractivity contribution is 6.02. The number of carbonyl (C=O) groups excluding carboxylic acids is 6. The van der Waals surface area contributed by atoms with Crippen LogP contribution in [0.2, 0.25) is 0 Å². The Bertz CT molecular complexity index is 1100. The van der Waals surface area contributed by atoms with Crippen LogP contribution in [0.3, 0.4) is 0 Å². The van der Waals surface area contributed by atoms with Gasteiger partial charge in [0.15, 0.2) is 17.3 Å². The van der Waals surface area contributed by atoms with Gasteiger partial charge in [0.2, 0.25) is 11.8 Å². The maximum absolute atomic E-state index is 12.4. The third kappa shape index (κ3) is 9.52. The van der Waals surface area contributed by atoms with E-state index in [2.05, 4.69) is 10.6 Å². The monoisotopic (exact) mass is 494 g/mol. The van der Waals surface area contributed by atoms with Crippen LogP contribution in [0, 0.1) is 0 Å². The Morgan fingerprint density at radius 1 is 0.778 bits per heavy atom. The van der Waals surface area contributed by atoms with Crippen LogP contribution in [0.4, 0.5) is 5.69 Å². The summed E-state index contributed by atoms with van der Waals surface area (Å²) in [6, 6.07) is 4.28. The van der Waals surface area contributed by atoms with Crippen molar-refractivity contribution in [3.05, 3.63) is 52.6 Å². The fourth-order valence-corrected chi connectivity index (χ4v) is 4.00. The van der Waals surface area contributed by atoms with Gasteiger partial charge in [0.1, 0.15) is 5.78 Å². The molecule has 1 aromatic rings. The lowest BCUT2D eigenvalue weighted by molar-refractivity contribution is -0.121. The Kier molecular flexibility index (Phi) is 10.6. The van der Waals surface area contributed by atoms with Gasteiger partial charge in [0.05, 0.1) is 6.04 Å². The van der Waals surface area contributed by atoms with Crippen molar-refractivity contribution in [3.63, 3.8) is 0 Å². The molecule has 0 radical (unpaired) electrons.